The first kappa shape index (κ1) is 15.0. The van der Waals surface area contributed by atoms with Gasteiger partial charge in [0.2, 0.25) is 11.8 Å². The Hall–Kier alpha value is -2.37. The molecule has 1 aromatic rings. The second-order valence-electron chi connectivity index (χ2n) is 4.98. The number of hydrogen-bond donors (Lipinski definition) is 2. The Labute approximate surface area is 123 Å². The normalized spacial score (nSPS) is 14.2. The predicted molar refractivity (Wildman–Crippen MR) is 77.6 cm³/mol. The van der Waals surface area contributed by atoms with Gasteiger partial charge in [0.15, 0.2) is 0 Å². The lowest BCUT2D eigenvalue weighted by Crippen LogP contribution is -2.38. The monoisotopic (exact) mass is 289 g/mol. The van der Waals surface area contributed by atoms with E-state index in [4.69, 9.17) is 0 Å². The van der Waals surface area contributed by atoms with Crippen LogP contribution in [0.25, 0.3) is 0 Å². The van der Waals surface area contributed by atoms with E-state index in [0.29, 0.717) is 12.8 Å². The lowest BCUT2D eigenvalue weighted by Gasteiger charge is -2.12. The molecule has 0 spiro atoms. The summed E-state index contributed by atoms with van der Waals surface area (Å²) in [6, 6.07) is 7.56. The van der Waals surface area contributed by atoms with Crippen LogP contribution in [0.15, 0.2) is 24.3 Å². The van der Waals surface area contributed by atoms with E-state index in [1.54, 1.807) is 0 Å². The van der Waals surface area contributed by atoms with Crippen molar-refractivity contribution in [2.75, 3.05) is 19.6 Å². The van der Waals surface area contributed by atoms with E-state index < -0.39 is 6.03 Å². The molecule has 2 rings (SSSR count). The molecule has 4 amide bonds. The van der Waals surface area contributed by atoms with Crippen LogP contribution >= 0.6 is 0 Å². The van der Waals surface area contributed by atoms with Crippen LogP contribution in [0, 0.1) is 6.92 Å². The molecule has 112 valence electrons. The standard InChI is InChI=1S/C15H19N3O3/c1-11-4-2-3-5-12(11)6-7-13(19)16-8-9-18-14(20)10-17-15(18)21/h2-5H,6-10H2,1H3,(H,16,19)(H,17,21). The van der Waals surface area contributed by atoms with E-state index in [0.717, 1.165) is 10.5 Å². The highest BCUT2D eigenvalue weighted by atomic mass is 16.2. The summed E-state index contributed by atoms with van der Waals surface area (Å²) in [6.07, 6.45) is 1.08. The lowest BCUT2D eigenvalue weighted by molar-refractivity contribution is -0.126. The van der Waals surface area contributed by atoms with Crippen molar-refractivity contribution in [2.45, 2.75) is 19.8 Å². The average Bonchev–Trinajstić information content (AvgIpc) is 2.78. The fourth-order valence-electron chi connectivity index (χ4n) is 2.22. The van der Waals surface area contributed by atoms with E-state index in [2.05, 4.69) is 10.6 Å². The minimum atomic E-state index is -0.394. The first-order valence-corrected chi connectivity index (χ1v) is 6.97. The molecule has 2 N–H and O–H groups in total. The van der Waals surface area contributed by atoms with Crippen molar-refractivity contribution in [1.82, 2.24) is 15.5 Å². The number of hydrogen-bond acceptors (Lipinski definition) is 3. The Morgan fingerprint density at radius 3 is 2.76 bits per heavy atom. The summed E-state index contributed by atoms with van der Waals surface area (Å²) in [5.41, 5.74) is 2.33. The topological polar surface area (TPSA) is 78.5 Å². The van der Waals surface area contributed by atoms with Gasteiger partial charge in [-0.15, -0.1) is 0 Å². The first-order valence-electron chi connectivity index (χ1n) is 6.97. The number of aryl methyl sites for hydroxylation is 2. The number of nitrogens with zero attached hydrogens (tertiary/aromatic N) is 1. The SMILES string of the molecule is Cc1ccccc1CCC(=O)NCCN1C(=O)CNC1=O. The van der Waals surface area contributed by atoms with Gasteiger partial charge >= 0.3 is 6.03 Å². The third kappa shape index (κ3) is 4.05. The summed E-state index contributed by atoms with van der Waals surface area (Å²) >= 11 is 0. The second kappa shape index (κ2) is 6.88. The first-order chi connectivity index (χ1) is 10.1. The maximum Gasteiger partial charge on any atom is 0.324 e. The Morgan fingerprint density at radius 1 is 1.33 bits per heavy atom. The van der Waals surface area contributed by atoms with Gasteiger partial charge in [0.1, 0.15) is 0 Å². The maximum absolute atomic E-state index is 11.7. The molecule has 1 heterocycles. The molecule has 0 atom stereocenters. The number of urea groups is 1. The van der Waals surface area contributed by atoms with E-state index in [-0.39, 0.29) is 31.4 Å². The third-order valence-electron chi connectivity index (χ3n) is 3.48. The van der Waals surface area contributed by atoms with Crippen molar-refractivity contribution in [3.63, 3.8) is 0 Å². The Bertz CT molecular complexity index is 541. The van der Waals surface area contributed by atoms with Crippen molar-refractivity contribution in [3.8, 4) is 0 Å². The minimum Gasteiger partial charge on any atom is -0.354 e. The van der Waals surface area contributed by atoms with Crippen LogP contribution in [0.5, 0.6) is 0 Å². The van der Waals surface area contributed by atoms with Crippen LogP contribution in [-0.4, -0.2) is 42.4 Å². The van der Waals surface area contributed by atoms with Crippen LogP contribution in [0.1, 0.15) is 17.5 Å². The van der Waals surface area contributed by atoms with Crippen molar-refractivity contribution in [3.05, 3.63) is 35.4 Å². The Morgan fingerprint density at radius 2 is 2.10 bits per heavy atom. The van der Waals surface area contributed by atoms with Crippen LogP contribution in [-0.2, 0) is 16.0 Å². The van der Waals surface area contributed by atoms with Gasteiger partial charge in [-0.3, -0.25) is 14.5 Å². The highest BCUT2D eigenvalue weighted by molar-refractivity contribution is 6.01. The summed E-state index contributed by atoms with van der Waals surface area (Å²) < 4.78 is 0. The second-order valence-corrected chi connectivity index (χ2v) is 4.98. The highest BCUT2D eigenvalue weighted by Gasteiger charge is 2.27. The van der Waals surface area contributed by atoms with Gasteiger partial charge < -0.3 is 10.6 Å². The zero-order valence-corrected chi connectivity index (χ0v) is 12.0. The summed E-state index contributed by atoms with van der Waals surface area (Å²) in [4.78, 5) is 35.5. The van der Waals surface area contributed by atoms with Crippen LogP contribution in [0.4, 0.5) is 4.79 Å². The molecule has 1 aliphatic rings. The van der Waals surface area contributed by atoms with Crippen molar-refractivity contribution >= 4 is 17.8 Å². The number of nitrogens with one attached hydrogen (secondary N) is 2. The molecule has 0 aliphatic carbocycles. The van der Waals surface area contributed by atoms with E-state index in [1.165, 1.54) is 5.56 Å². The summed E-state index contributed by atoms with van der Waals surface area (Å²) in [5.74, 6) is -0.334. The van der Waals surface area contributed by atoms with E-state index >= 15 is 0 Å². The molecule has 0 radical (unpaired) electrons. The zero-order valence-electron chi connectivity index (χ0n) is 12.0. The van der Waals surface area contributed by atoms with Gasteiger partial charge in [0, 0.05) is 19.5 Å². The molecule has 0 bridgehead atoms. The fourth-order valence-corrected chi connectivity index (χ4v) is 2.22. The quantitative estimate of drug-likeness (QED) is 0.753. The van der Waals surface area contributed by atoms with Gasteiger partial charge in [0.05, 0.1) is 6.54 Å². The number of imide groups is 1. The largest absolute Gasteiger partial charge is 0.354 e. The summed E-state index contributed by atoms with van der Waals surface area (Å²) in [7, 11) is 0. The van der Waals surface area contributed by atoms with Crippen LogP contribution in [0.3, 0.4) is 0 Å². The Kier molecular flexibility index (Phi) is 4.92. The number of rotatable bonds is 6. The summed E-state index contributed by atoms with van der Waals surface area (Å²) in [5, 5.41) is 5.16. The maximum atomic E-state index is 11.7. The van der Waals surface area contributed by atoms with Crippen molar-refractivity contribution in [2.24, 2.45) is 0 Å². The number of amides is 4. The molecular formula is C15H19N3O3. The lowest BCUT2D eigenvalue weighted by atomic mass is 10.0. The molecule has 6 heteroatoms. The number of benzene rings is 1. The predicted octanol–water partition coefficient (Wildman–Crippen LogP) is 0.596. The van der Waals surface area contributed by atoms with Gasteiger partial charge in [-0.25, -0.2) is 4.79 Å². The molecule has 0 aromatic heterocycles. The van der Waals surface area contributed by atoms with Gasteiger partial charge in [-0.2, -0.15) is 0 Å². The molecular weight excluding hydrogens is 270 g/mol. The van der Waals surface area contributed by atoms with Crippen molar-refractivity contribution in [1.29, 1.82) is 0 Å². The Balaban J connectivity index is 1.69. The smallest absolute Gasteiger partial charge is 0.324 e. The summed E-state index contributed by atoms with van der Waals surface area (Å²) in [6.45, 7) is 2.55. The molecule has 1 saturated heterocycles. The van der Waals surface area contributed by atoms with Crippen LogP contribution in [0.2, 0.25) is 0 Å². The molecule has 1 aromatic carbocycles. The fraction of sp³-hybridized carbons (Fsp3) is 0.400. The molecule has 0 saturated carbocycles. The van der Waals surface area contributed by atoms with E-state index in [9.17, 15) is 14.4 Å². The molecule has 1 aliphatic heterocycles. The molecule has 0 unspecified atom stereocenters. The minimum absolute atomic E-state index is 0.0417. The average molecular weight is 289 g/mol. The molecule has 6 nitrogen and oxygen atoms in total. The number of carbonyl (C=O) groups excluding carboxylic acids is 3. The molecule has 1 fully saturated rings. The number of carbonyl (C=O) groups is 3. The molecule has 21 heavy (non-hydrogen) atoms. The highest BCUT2D eigenvalue weighted by Crippen LogP contribution is 2.09. The third-order valence-corrected chi connectivity index (χ3v) is 3.48. The van der Waals surface area contributed by atoms with Crippen LogP contribution < -0.4 is 10.6 Å². The zero-order chi connectivity index (χ0) is 15.2. The van der Waals surface area contributed by atoms with Crippen molar-refractivity contribution < 1.29 is 14.4 Å². The van der Waals surface area contributed by atoms with Gasteiger partial charge in [-0.05, 0) is 24.5 Å². The van der Waals surface area contributed by atoms with Gasteiger partial charge in [0.25, 0.3) is 0 Å². The van der Waals surface area contributed by atoms with E-state index in [1.807, 2.05) is 31.2 Å². The van der Waals surface area contributed by atoms with Gasteiger partial charge in [-0.1, -0.05) is 24.3 Å².